The third-order valence-corrected chi connectivity index (χ3v) is 2.21. The fourth-order valence-electron chi connectivity index (χ4n) is 1.81. The molecule has 0 spiro atoms. The maximum Gasteiger partial charge on any atom is 0.0270 e. The van der Waals surface area contributed by atoms with E-state index in [0.717, 1.165) is 11.8 Å². The van der Waals surface area contributed by atoms with Gasteiger partial charge in [-0.1, -0.05) is 20.8 Å². The van der Waals surface area contributed by atoms with Crippen molar-refractivity contribution >= 4 is 0 Å². The molecule has 0 saturated heterocycles. The fourth-order valence-corrected chi connectivity index (χ4v) is 1.81. The van der Waals surface area contributed by atoms with E-state index in [2.05, 4.69) is 37.9 Å². The van der Waals surface area contributed by atoms with Crippen LogP contribution in [0.5, 0.6) is 0 Å². The standard InChI is InChI=1S/C12H19N/c1-10(2)8-11(3)9-12-4-6-13-7-5-12/h4-7,10-11H,8-9H2,1-3H3. The van der Waals surface area contributed by atoms with Gasteiger partial charge in [0.15, 0.2) is 0 Å². The van der Waals surface area contributed by atoms with Crippen molar-refractivity contribution in [2.45, 2.75) is 33.6 Å². The van der Waals surface area contributed by atoms with E-state index in [1.807, 2.05) is 12.4 Å². The maximum atomic E-state index is 4.01. The molecule has 0 fully saturated rings. The van der Waals surface area contributed by atoms with Gasteiger partial charge in [-0.2, -0.15) is 0 Å². The molecule has 0 aromatic carbocycles. The Hall–Kier alpha value is -0.850. The fraction of sp³-hybridized carbons (Fsp3) is 0.583. The molecule has 0 aliphatic rings. The first-order chi connectivity index (χ1) is 6.18. The van der Waals surface area contributed by atoms with E-state index < -0.39 is 0 Å². The van der Waals surface area contributed by atoms with Crippen LogP contribution >= 0.6 is 0 Å². The molecular weight excluding hydrogens is 158 g/mol. The van der Waals surface area contributed by atoms with Gasteiger partial charge >= 0.3 is 0 Å². The molecule has 1 heteroatoms. The highest BCUT2D eigenvalue weighted by Crippen LogP contribution is 2.15. The Morgan fingerprint density at radius 3 is 2.31 bits per heavy atom. The van der Waals surface area contributed by atoms with Gasteiger partial charge in [0.1, 0.15) is 0 Å². The lowest BCUT2D eigenvalue weighted by Gasteiger charge is -2.13. The van der Waals surface area contributed by atoms with Crippen LogP contribution in [0.15, 0.2) is 24.5 Å². The van der Waals surface area contributed by atoms with Crippen molar-refractivity contribution in [2.75, 3.05) is 0 Å². The lowest BCUT2D eigenvalue weighted by Crippen LogP contribution is -2.03. The monoisotopic (exact) mass is 177 g/mol. The molecule has 1 rings (SSSR count). The normalized spacial score (nSPS) is 13.2. The van der Waals surface area contributed by atoms with E-state index >= 15 is 0 Å². The summed E-state index contributed by atoms with van der Waals surface area (Å²) in [6.07, 6.45) is 6.23. The van der Waals surface area contributed by atoms with Crippen molar-refractivity contribution in [3.05, 3.63) is 30.1 Å². The molecule has 0 N–H and O–H groups in total. The number of hydrogen-bond donors (Lipinski definition) is 0. The average Bonchev–Trinajstić information content (AvgIpc) is 2.04. The molecule has 0 aliphatic carbocycles. The van der Waals surface area contributed by atoms with Gasteiger partial charge in [-0.05, 0) is 42.4 Å². The van der Waals surface area contributed by atoms with Gasteiger partial charge in [0.25, 0.3) is 0 Å². The van der Waals surface area contributed by atoms with Gasteiger partial charge < -0.3 is 0 Å². The van der Waals surface area contributed by atoms with Crippen LogP contribution in [0.4, 0.5) is 0 Å². The quantitative estimate of drug-likeness (QED) is 0.687. The molecule has 0 aliphatic heterocycles. The maximum absolute atomic E-state index is 4.01. The highest BCUT2D eigenvalue weighted by molar-refractivity contribution is 5.10. The Bertz CT molecular complexity index is 228. The predicted molar refractivity (Wildman–Crippen MR) is 56.6 cm³/mol. The van der Waals surface area contributed by atoms with E-state index in [9.17, 15) is 0 Å². The Morgan fingerprint density at radius 1 is 1.15 bits per heavy atom. The summed E-state index contributed by atoms with van der Waals surface area (Å²) in [4.78, 5) is 4.01. The minimum Gasteiger partial charge on any atom is -0.265 e. The summed E-state index contributed by atoms with van der Waals surface area (Å²) in [7, 11) is 0. The summed E-state index contributed by atoms with van der Waals surface area (Å²) in [6, 6.07) is 4.22. The third kappa shape index (κ3) is 4.07. The second kappa shape index (κ2) is 5.00. The molecule has 1 heterocycles. The van der Waals surface area contributed by atoms with E-state index in [4.69, 9.17) is 0 Å². The lowest BCUT2D eigenvalue weighted by molar-refractivity contribution is 0.437. The second-order valence-electron chi connectivity index (χ2n) is 4.29. The number of hydrogen-bond acceptors (Lipinski definition) is 1. The minimum atomic E-state index is 0.780. The van der Waals surface area contributed by atoms with Gasteiger partial charge in [-0.25, -0.2) is 0 Å². The molecule has 0 amide bonds. The Morgan fingerprint density at radius 2 is 1.77 bits per heavy atom. The minimum absolute atomic E-state index is 0.780. The van der Waals surface area contributed by atoms with Crippen LogP contribution in [0.25, 0.3) is 0 Å². The lowest BCUT2D eigenvalue weighted by atomic mass is 9.93. The van der Waals surface area contributed by atoms with E-state index in [1.165, 1.54) is 18.4 Å². The summed E-state index contributed by atoms with van der Waals surface area (Å²) in [5, 5.41) is 0. The molecular formula is C12H19N. The Kier molecular flexibility index (Phi) is 3.94. The van der Waals surface area contributed by atoms with Crippen molar-refractivity contribution in [2.24, 2.45) is 11.8 Å². The zero-order chi connectivity index (χ0) is 9.68. The van der Waals surface area contributed by atoms with Crippen molar-refractivity contribution in [1.29, 1.82) is 0 Å². The van der Waals surface area contributed by atoms with Crippen LogP contribution in [-0.2, 0) is 6.42 Å². The summed E-state index contributed by atoms with van der Waals surface area (Å²) < 4.78 is 0. The van der Waals surface area contributed by atoms with Crippen LogP contribution in [-0.4, -0.2) is 4.98 Å². The first-order valence-corrected chi connectivity index (χ1v) is 5.07. The van der Waals surface area contributed by atoms with Crippen LogP contribution in [0, 0.1) is 11.8 Å². The molecule has 0 saturated carbocycles. The van der Waals surface area contributed by atoms with E-state index in [1.54, 1.807) is 0 Å². The molecule has 13 heavy (non-hydrogen) atoms. The molecule has 72 valence electrons. The van der Waals surface area contributed by atoms with Gasteiger partial charge in [-0.15, -0.1) is 0 Å². The predicted octanol–water partition coefficient (Wildman–Crippen LogP) is 3.31. The smallest absolute Gasteiger partial charge is 0.0270 e. The van der Waals surface area contributed by atoms with E-state index in [0.29, 0.717) is 0 Å². The Labute approximate surface area is 81.2 Å². The topological polar surface area (TPSA) is 12.9 Å². The van der Waals surface area contributed by atoms with E-state index in [-0.39, 0.29) is 0 Å². The molecule has 0 bridgehead atoms. The largest absolute Gasteiger partial charge is 0.265 e. The Balaban J connectivity index is 2.41. The van der Waals surface area contributed by atoms with Crippen LogP contribution in [0.2, 0.25) is 0 Å². The summed E-state index contributed by atoms with van der Waals surface area (Å²) in [5.74, 6) is 1.58. The summed E-state index contributed by atoms with van der Waals surface area (Å²) in [6.45, 7) is 6.88. The molecule has 1 aromatic heterocycles. The van der Waals surface area contributed by atoms with Gasteiger partial charge in [0.2, 0.25) is 0 Å². The summed E-state index contributed by atoms with van der Waals surface area (Å²) >= 11 is 0. The van der Waals surface area contributed by atoms with Gasteiger partial charge in [0.05, 0.1) is 0 Å². The molecule has 1 unspecified atom stereocenters. The van der Waals surface area contributed by atoms with Crippen molar-refractivity contribution < 1.29 is 0 Å². The number of aromatic nitrogens is 1. The molecule has 1 nitrogen and oxygen atoms in total. The van der Waals surface area contributed by atoms with Gasteiger partial charge in [0, 0.05) is 12.4 Å². The van der Waals surface area contributed by atoms with Crippen LogP contribution < -0.4 is 0 Å². The first-order valence-electron chi connectivity index (χ1n) is 5.07. The zero-order valence-electron chi connectivity index (χ0n) is 8.83. The van der Waals surface area contributed by atoms with Crippen molar-refractivity contribution in [1.82, 2.24) is 4.98 Å². The number of nitrogens with zero attached hydrogens (tertiary/aromatic N) is 1. The number of rotatable bonds is 4. The zero-order valence-corrected chi connectivity index (χ0v) is 8.83. The summed E-state index contributed by atoms with van der Waals surface area (Å²) in [5.41, 5.74) is 1.41. The SMILES string of the molecule is CC(C)CC(C)Cc1ccncc1. The number of pyridine rings is 1. The first kappa shape index (κ1) is 10.2. The third-order valence-electron chi connectivity index (χ3n) is 2.21. The van der Waals surface area contributed by atoms with Crippen molar-refractivity contribution in [3.63, 3.8) is 0 Å². The van der Waals surface area contributed by atoms with Crippen molar-refractivity contribution in [3.8, 4) is 0 Å². The van der Waals surface area contributed by atoms with Gasteiger partial charge in [-0.3, -0.25) is 4.98 Å². The highest BCUT2D eigenvalue weighted by Gasteiger charge is 2.05. The van der Waals surface area contributed by atoms with Crippen LogP contribution in [0.3, 0.4) is 0 Å². The van der Waals surface area contributed by atoms with Crippen LogP contribution in [0.1, 0.15) is 32.8 Å². The average molecular weight is 177 g/mol. The second-order valence-corrected chi connectivity index (χ2v) is 4.29. The molecule has 0 radical (unpaired) electrons. The molecule has 1 atom stereocenters. The highest BCUT2D eigenvalue weighted by atomic mass is 14.6. The molecule has 1 aromatic rings.